The van der Waals surface area contributed by atoms with E-state index in [0.29, 0.717) is 37.7 Å². The number of nitrogens with zero attached hydrogens (tertiary/aromatic N) is 3. The minimum absolute atomic E-state index is 0.123. The van der Waals surface area contributed by atoms with E-state index in [4.69, 9.17) is 4.74 Å². The van der Waals surface area contributed by atoms with E-state index in [2.05, 4.69) is 10.3 Å². The van der Waals surface area contributed by atoms with E-state index in [0.717, 1.165) is 10.9 Å². The van der Waals surface area contributed by atoms with Crippen molar-refractivity contribution in [2.24, 2.45) is 0 Å². The molecule has 2 heterocycles. The van der Waals surface area contributed by atoms with Crippen molar-refractivity contribution in [3.63, 3.8) is 0 Å². The fourth-order valence-corrected chi connectivity index (χ4v) is 3.30. The summed E-state index contributed by atoms with van der Waals surface area (Å²) in [4.78, 5) is 30.1. The average molecular weight is 378 g/mol. The van der Waals surface area contributed by atoms with Crippen LogP contribution in [0.25, 0.3) is 10.9 Å². The molecule has 0 unspecified atom stereocenters. The lowest BCUT2D eigenvalue weighted by atomic mass is 10.1. The highest BCUT2D eigenvalue weighted by atomic mass is 16.6. The van der Waals surface area contributed by atoms with Gasteiger partial charge in [0.2, 0.25) is 0 Å². The summed E-state index contributed by atoms with van der Waals surface area (Å²) in [6.07, 6.45) is 1.69. The van der Waals surface area contributed by atoms with Crippen LogP contribution in [0.5, 0.6) is 0 Å². The highest BCUT2D eigenvalue weighted by molar-refractivity contribution is 6.11. The number of nitro groups is 1. The second kappa shape index (κ2) is 7.61. The van der Waals surface area contributed by atoms with Crippen LogP contribution in [-0.4, -0.2) is 42.1 Å². The van der Waals surface area contributed by atoms with Crippen LogP contribution in [0.3, 0.4) is 0 Å². The molecule has 0 spiro atoms. The molecule has 2 aromatic carbocycles. The van der Waals surface area contributed by atoms with Gasteiger partial charge in [-0.25, -0.2) is 0 Å². The van der Waals surface area contributed by atoms with Crippen molar-refractivity contribution < 1.29 is 14.5 Å². The number of aromatic nitrogens is 1. The SMILES string of the molecule is O=C(Nc1cccc2ncccc12)c1cc([N+](=O)[O-])ccc1N1CCOCC1. The van der Waals surface area contributed by atoms with Crippen molar-refractivity contribution in [2.45, 2.75) is 0 Å². The normalized spacial score (nSPS) is 14.1. The molecule has 0 radical (unpaired) electrons. The molecule has 1 aliphatic rings. The first kappa shape index (κ1) is 17.9. The number of morpholine rings is 1. The van der Waals surface area contributed by atoms with Gasteiger partial charge in [0.05, 0.1) is 40.6 Å². The summed E-state index contributed by atoms with van der Waals surface area (Å²) in [5.41, 5.74) is 2.16. The van der Waals surface area contributed by atoms with E-state index in [9.17, 15) is 14.9 Å². The number of nitrogens with one attached hydrogen (secondary N) is 1. The van der Waals surface area contributed by atoms with E-state index >= 15 is 0 Å². The molecular formula is C20H18N4O4. The maximum Gasteiger partial charge on any atom is 0.270 e. The maximum absolute atomic E-state index is 13.1. The molecular weight excluding hydrogens is 360 g/mol. The highest BCUT2D eigenvalue weighted by Gasteiger charge is 2.22. The molecule has 1 fully saturated rings. The van der Waals surface area contributed by atoms with Crippen LogP contribution >= 0.6 is 0 Å². The van der Waals surface area contributed by atoms with Gasteiger partial charge in [-0.15, -0.1) is 0 Å². The number of hydrogen-bond donors (Lipinski definition) is 1. The van der Waals surface area contributed by atoms with Crippen LogP contribution in [0.2, 0.25) is 0 Å². The van der Waals surface area contributed by atoms with Gasteiger partial charge in [-0.05, 0) is 30.3 Å². The summed E-state index contributed by atoms with van der Waals surface area (Å²) in [7, 11) is 0. The number of non-ortho nitro benzene ring substituents is 1. The lowest BCUT2D eigenvalue weighted by Crippen LogP contribution is -2.37. The van der Waals surface area contributed by atoms with E-state index in [-0.39, 0.29) is 11.3 Å². The molecule has 3 aromatic rings. The molecule has 142 valence electrons. The van der Waals surface area contributed by atoms with E-state index in [1.54, 1.807) is 30.5 Å². The number of fused-ring (bicyclic) bond motifs is 1. The Balaban J connectivity index is 1.72. The van der Waals surface area contributed by atoms with Gasteiger partial charge in [-0.2, -0.15) is 0 Å². The average Bonchev–Trinajstić information content (AvgIpc) is 2.74. The minimum atomic E-state index is -0.498. The van der Waals surface area contributed by atoms with Gasteiger partial charge in [0.15, 0.2) is 0 Å². The molecule has 1 aromatic heterocycles. The fourth-order valence-electron chi connectivity index (χ4n) is 3.30. The molecule has 0 saturated carbocycles. The zero-order valence-electron chi connectivity index (χ0n) is 15.0. The summed E-state index contributed by atoms with van der Waals surface area (Å²) in [6, 6.07) is 13.5. The van der Waals surface area contributed by atoms with E-state index in [1.807, 2.05) is 17.0 Å². The number of ether oxygens (including phenoxy) is 1. The molecule has 8 nitrogen and oxygen atoms in total. The molecule has 0 atom stereocenters. The Kier molecular flexibility index (Phi) is 4.86. The number of rotatable bonds is 4. The number of hydrogen-bond acceptors (Lipinski definition) is 6. The Morgan fingerprint density at radius 3 is 2.75 bits per heavy atom. The Bertz CT molecular complexity index is 1040. The van der Waals surface area contributed by atoms with E-state index in [1.165, 1.54) is 12.1 Å². The second-order valence-electron chi connectivity index (χ2n) is 6.39. The first-order valence-electron chi connectivity index (χ1n) is 8.90. The monoisotopic (exact) mass is 378 g/mol. The summed E-state index contributed by atoms with van der Waals surface area (Å²) in [5.74, 6) is -0.401. The zero-order chi connectivity index (χ0) is 19.5. The molecule has 8 heteroatoms. The Morgan fingerprint density at radius 1 is 1.14 bits per heavy atom. The molecule has 4 rings (SSSR count). The van der Waals surface area contributed by atoms with Crippen molar-refractivity contribution in [3.05, 3.63) is 70.4 Å². The van der Waals surface area contributed by atoms with Crippen molar-refractivity contribution in [1.82, 2.24) is 4.98 Å². The minimum Gasteiger partial charge on any atom is -0.378 e. The van der Waals surface area contributed by atoms with Crippen molar-refractivity contribution in [3.8, 4) is 0 Å². The smallest absolute Gasteiger partial charge is 0.270 e. The third kappa shape index (κ3) is 3.49. The summed E-state index contributed by atoms with van der Waals surface area (Å²) in [6.45, 7) is 2.34. The maximum atomic E-state index is 13.1. The molecule has 0 bridgehead atoms. The number of amides is 1. The van der Waals surface area contributed by atoms with Gasteiger partial charge in [-0.1, -0.05) is 6.07 Å². The highest BCUT2D eigenvalue weighted by Crippen LogP contribution is 2.28. The number of nitro benzene ring substituents is 1. The first-order chi connectivity index (χ1) is 13.6. The van der Waals surface area contributed by atoms with Gasteiger partial charge in [0.25, 0.3) is 11.6 Å². The van der Waals surface area contributed by atoms with Gasteiger partial charge in [0.1, 0.15) is 0 Å². The van der Waals surface area contributed by atoms with Crippen LogP contribution in [0.15, 0.2) is 54.7 Å². The number of pyridine rings is 1. The standard InChI is InChI=1S/C20H18N4O4/c25-20(22-18-5-1-4-17-15(18)3-2-8-21-17)16-13-14(24(26)27)6-7-19(16)23-9-11-28-12-10-23/h1-8,13H,9-12H2,(H,22,25). The van der Waals surface area contributed by atoms with Crippen LogP contribution in [0, 0.1) is 10.1 Å². The molecule has 28 heavy (non-hydrogen) atoms. The van der Waals surface area contributed by atoms with Crippen molar-refractivity contribution in [2.75, 3.05) is 36.5 Å². The predicted octanol–water partition coefficient (Wildman–Crippen LogP) is 3.23. The Labute approximate surface area is 160 Å². The predicted molar refractivity (Wildman–Crippen MR) is 106 cm³/mol. The first-order valence-corrected chi connectivity index (χ1v) is 8.90. The molecule has 1 saturated heterocycles. The Morgan fingerprint density at radius 2 is 1.96 bits per heavy atom. The zero-order valence-corrected chi connectivity index (χ0v) is 15.0. The van der Waals surface area contributed by atoms with Gasteiger partial charge < -0.3 is 15.0 Å². The van der Waals surface area contributed by atoms with Gasteiger partial charge in [0, 0.05) is 36.8 Å². The van der Waals surface area contributed by atoms with Crippen LogP contribution in [0.4, 0.5) is 17.1 Å². The van der Waals surface area contributed by atoms with Crippen LogP contribution in [0.1, 0.15) is 10.4 Å². The lowest BCUT2D eigenvalue weighted by Gasteiger charge is -2.30. The summed E-state index contributed by atoms with van der Waals surface area (Å²) >= 11 is 0. The third-order valence-corrected chi connectivity index (χ3v) is 4.68. The molecule has 1 amide bonds. The van der Waals surface area contributed by atoms with Gasteiger partial charge in [-0.3, -0.25) is 19.9 Å². The van der Waals surface area contributed by atoms with Crippen LogP contribution < -0.4 is 10.2 Å². The Hall–Kier alpha value is -3.52. The quantitative estimate of drug-likeness (QED) is 0.553. The summed E-state index contributed by atoms with van der Waals surface area (Å²) in [5, 5.41) is 14.9. The number of carbonyl (C=O) groups excluding carboxylic acids is 1. The van der Waals surface area contributed by atoms with Crippen LogP contribution in [-0.2, 0) is 4.74 Å². The largest absolute Gasteiger partial charge is 0.378 e. The van der Waals surface area contributed by atoms with E-state index < -0.39 is 10.8 Å². The second-order valence-corrected chi connectivity index (χ2v) is 6.39. The summed E-state index contributed by atoms with van der Waals surface area (Å²) < 4.78 is 5.37. The van der Waals surface area contributed by atoms with Crippen molar-refractivity contribution in [1.29, 1.82) is 0 Å². The number of benzene rings is 2. The fraction of sp³-hybridized carbons (Fsp3) is 0.200. The third-order valence-electron chi connectivity index (χ3n) is 4.68. The number of carbonyl (C=O) groups is 1. The molecule has 1 aliphatic heterocycles. The number of anilines is 2. The topological polar surface area (TPSA) is 97.6 Å². The molecule has 0 aliphatic carbocycles. The molecule has 1 N–H and O–H groups in total. The van der Waals surface area contributed by atoms with Crippen molar-refractivity contribution >= 4 is 33.9 Å². The van der Waals surface area contributed by atoms with Gasteiger partial charge >= 0.3 is 0 Å². The lowest BCUT2D eigenvalue weighted by molar-refractivity contribution is -0.384.